The first-order chi connectivity index (χ1) is 20.2. The predicted octanol–water partition coefficient (Wildman–Crippen LogP) is 7.28. The van der Waals surface area contributed by atoms with E-state index in [1.165, 1.54) is 30.7 Å². The molecule has 0 bridgehead atoms. The Bertz CT molecular complexity index is 1650. The first kappa shape index (κ1) is 29.2. The monoisotopic (exact) mass is 570 g/mol. The molecule has 0 saturated carbocycles. The van der Waals surface area contributed by atoms with Gasteiger partial charge < -0.3 is 23.2 Å². The summed E-state index contributed by atoms with van der Waals surface area (Å²) in [7, 11) is 0. The lowest BCUT2D eigenvalue weighted by atomic mass is 10.2. The molecule has 4 aromatic rings. The van der Waals surface area contributed by atoms with Crippen LogP contribution in [0.3, 0.4) is 0 Å². The molecule has 0 N–H and O–H groups in total. The fourth-order valence-electron chi connectivity index (χ4n) is 3.77. The molecule has 0 spiro atoms. The normalized spacial score (nSPS) is 10.8. The summed E-state index contributed by atoms with van der Waals surface area (Å²) in [6.07, 6.45) is 2.77. The molecule has 214 valence electrons. The lowest BCUT2D eigenvalue weighted by molar-refractivity contribution is -0.384. The van der Waals surface area contributed by atoms with Crippen molar-refractivity contribution in [1.82, 2.24) is 0 Å². The number of esters is 2. The van der Waals surface area contributed by atoms with Crippen LogP contribution in [0, 0.1) is 10.1 Å². The van der Waals surface area contributed by atoms with E-state index in [4.69, 9.17) is 18.3 Å². The number of nitro groups is 1. The highest BCUT2D eigenvalue weighted by molar-refractivity contribution is 6.16. The van der Waals surface area contributed by atoms with Gasteiger partial charge in [-0.2, -0.15) is 0 Å². The van der Waals surface area contributed by atoms with Gasteiger partial charge in [0.25, 0.3) is 5.69 Å². The van der Waals surface area contributed by atoms with Gasteiger partial charge in [-0.25, -0.2) is 9.59 Å². The number of furan rings is 2. The molecule has 4 rings (SSSR count). The van der Waals surface area contributed by atoms with Crippen molar-refractivity contribution in [3.63, 3.8) is 0 Å². The number of non-ortho nitro benzene ring substituents is 1. The van der Waals surface area contributed by atoms with E-state index >= 15 is 0 Å². The predicted molar refractivity (Wildman–Crippen MR) is 154 cm³/mol. The molecule has 2 aromatic heterocycles. The highest BCUT2D eigenvalue weighted by Crippen LogP contribution is 2.38. The number of carbonyl (C=O) groups excluding carboxylic acids is 2. The number of carbonyl (C=O) groups is 2. The van der Waals surface area contributed by atoms with Crippen molar-refractivity contribution in [2.24, 2.45) is 10.2 Å². The average molecular weight is 571 g/mol. The molecule has 0 atom stereocenters. The van der Waals surface area contributed by atoms with E-state index in [0.29, 0.717) is 13.1 Å². The van der Waals surface area contributed by atoms with Crippen molar-refractivity contribution in [3.8, 4) is 11.5 Å². The summed E-state index contributed by atoms with van der Waals surface area (Å²) in [5, 5.41) is 19.8. The van der Waals surface area contributed by atoms with Crippen LogP contribution in [0.5, 0.6) is 11.5 Å². The van der Waals surface area contributed by atoms with Crippen LogP contribution in [0.2, 0.25) is 0 Å². The third kappa shape index (κ3) is 6.67. The molecular weight excluding hydrogens is 544 g/mol. The van der Waals surface area contributed by atoms with Gasteiger partial charge in [-0.3, -0.25) is 10.1 Å². The molecule has 0 fully saturated rings. The molecule has 2 aromatic carbocycles. The fourth-order valence-corrected chi connectivity index (χ4v) is 3.77. The van der Waals surface area contributed by atoms with Crippen molar-refractivity contribution in [1.29, 1.82) is 0 Å². The maximum atomic E-state index is 12.9. The zero-order valence-corrected chi connectivity index (χ0v) is 22.8. The third-order valence-electron chi connectivity index (χ3n) is 6.03. The van der Waals surface area contributed by atoms with E-state index in [9.17, 15) is 19.7 Å². The van der Waals surface area contributed by atoms with E-state index in [1.54, 1.807) is 36.4 Å². The van der Waals surface area contributed by atoms with Crippen molar-refractivity contribution < 1.29 is 32.8 Å². The number of rotatable bonds is 12. The minimum absolute atomic E-state index is 0.00233. The lowest BCUT2D eigenvalue weighted by Gasteiger charge is -2.22. The second-order valence-corrected chi connectivity index (χ2v) is 8.62. The number of anilines is 1. The van der Waals surface area contributed by atoms with Crippen molar-refractivity contribution >= 4 is 45.8 Å². The zero-order chi connectivity index (χ0) is 30.2. The van der Waals surface area contributed by atoms with Crippen molar-refractivity contribution in [3.05, 3.63) is 108 Å². The van der Waals surface area contributed by atoms with Crippen LogP contribution in [-0.4, -0.2) is 30.0 Å². The molecule has 0 aliphatic carbocycles. The van der Waals surface area contributed by atoms with Gasteiger partial charge in [0.1, 0.15) is 22.9 Å². The van der Waals surface area contributed by atoms with Gasteiger partial charge in [0.05, 0.1) is 34.7 Å². The number of ether oxygens (including phenoxy) is 2. The maximum absolute atomic E-state index is 12.9. The minimum atomic E-state index is -0.906. The maximum Gasteiger partial charge on any atom is 0.346 e. The summed E-state index contributed by atoms with van der Waals surface area (Å²) in [5.41, 5.74) is 0.472. The van der Waals surface area contributed by atoms with Crippen LogP contribution in [-0.2, 0) is 9.59 Å². The Morgan fingerprint density at radius 3 is 1.79 bits per heavy atom. The van der Waals surface area contributed by atoms with Crippen LogP contribution >= 0.6 is 0 Å². The van der Waals surface area contributed by atoms with Gasteiger partial charge in [0.2, 0.25) is 0 Å². The van der Waals surface area contributed by atoms with Crippen LogP contribution in [0.25, 0.3) is 11.1 Å². The molecular formula is C30H26N4O8. The standard InChI is InChI=1S/C30H26N4O8/c1-5-33(6-2)21-11-13-23(27(17-21)41-29(35)19(3)25-9-7-15-39-25)31-32-24-14-12-22(34(37)38)18-28(24)42-30(36)20(4)26-10-8-16-40-26/h7-18H,3-6H2,1-2H3. The smallest absolute Gasteiger partial charge is 0.346 e. The van der Waals surface area contributed by atoms with Gasteiger partial charge in [0.15, 0.2) is 11.5 Å². The number of benzene rings is 2. The summed E-state index contributed by atoms with van der Waals surface area (Å²) >= 11 is 0. The molecule has 2 heterocycles. The quantitative estimate of drug-likeness (QED) is 0.0427. The molecule has 0 radical (unpaired) electrons. The number of nitrogens with zero attached hydrogens (tertiary/aromatic N) is 4. The Balaban J connectivity index is 1.68. The molecule has 42 heavy (non-hydrogen) atoms. The Kier molecular flexibility index (Phi) is 9.07. The lowest BCUT2D eigenvalue weighted by Crippen LogP contribution is -2.21. The van der Waals surface area contributed by atoms with Crippen LogP contribution in [0.15, 0.2) is 105 Å². The fraction of sp³-hybridized carbons (Fsp3) is 0.133. The molecule has 0 unspecified atom stereocenters. The molecule has 0 aliphatic rings. The topological polar surface area (TPSA) is 150 Å². The minimum Gasteiger partial charge on any atom is -0.464 e. The molecule has 0 aliphatic heterocycles. The summed E-state index contributed by atoms with van der Waals surface area (Å²) in [5.74, 6) is -1.42. The largest absolute Gasteiger partial charge is 0.464 e. The summed E-state index contributed by atoms with van der Waals surface area (Å²) in [6.45, 7) is 12.8. The first-order valence-corrected chi connectivity index (χ1v) is 12.7. The van der Waals surface area contributed by atoms with E-state index in [2.05, 4.69) is 23.4 Å². The number of azo groups is 1. The number of hydrogen-bond donors (Lipinski definition) is 0. The van der Waals surface area contributed by atoms with Crippen LogP contribution < -0.4 is 14.4 Å². The Labute approximate surface area is 240 Å². The van der Waals surface area contributed by atoms with Crippen LogP contribution in [0.4, 0.5) is 22.7 Å². The van der Waals surface area contributed by atoms with Crippen LogP contribution in [0.1, 0.15) is 25.4 Å². The molecule has 12 heteroatoms. The van der Waals surface area contributed by atoms with Gasteiger partial charge in [-0.05, 0) is 56.3 Å². The van der Waals surface area contributed by atoms with E-state index in [0.717, 1.165) is 11.8 Å². The van der Waals surface area contributed by atoms with Gasteiger partial charge in [-0.1, -0.05) is 13.2 Å². The van der Waals surface area contributed by atoms with Crippen molar-refractivity contribution in [2.75, 3.05) is 18.0 Å². The average Bonchev–Trinajstić information content (AvgIpc) is 3.72. The molecule has 0 saturated heterocycles. The third-order valence-corrected chi connectivity index (χ3v) is 6.03. The summed E-state index contributed by atoms with van der Waals surface area (Å²) < 4.78 is 21.4. The first-order valence-electron chi connectivity index (χ1n) is 12.7. The summed E-state index contributed by atoms with van der Waals surface area (Å²) in [6, 6.07) is 14.8. The highest BCUT2D eigenvalue weighted by atomic mass is 16.6. The van der Waals surface area contributed by atoms with Crippen molar-refractivity contribution in [2.45, 2.75) is 13.8 Å². The van der Waals surface area contributed by atoms with E-state index in [1.807, 2.05) is 18.7 Å². The molecule has 0 amide bonds. The number of nitro benzene ring substituents is 1. The second kappa shape index (κ2) is 13.0. The highest BCUT2D eigenvalue weighted by Gasteiger charge is 2.21. The van der Waals surface area contributed by atoms with Gasteiger partial charge in [-0.15, -0.1) is 10.2 Å². The zero-order valence-electron chi connectivity index (χ0n) is 22.8. The van der Waals surface area contributed by atoms with E-state index < -0.39 is 16.9 Å². The Hall–Kier alpha value is -5.78. The SMILES string of the molecule is C=C(C(=O)Oc1cc(N(CC)CC)ccc1N=Nc1ccc([N+](=O)[O-])cc1OC(=O)C(=C)c1ccco1)c1ccco1. The second-order valence-electron chi connectivity index (χ2n) is 8.62. The summed E-state index contributed by atoms with van der Waals surface area (Å²) in [4.78, 5) is 38.4. The Morgan fingerprint density at radius 1 is 0.833 bits per heavy atom. The van der Waals surface area contributed by atoms with Gasteiger partial charge in [0, 0.05) is 30.9 Å². The number of hydrogen-bond acceptors (Lipinski definition) is 11. The Morgan fingerprint density at radius 2 is 1.33 bits per heavy atom. The molecule has 12 nitrogen and oxygen atoms in total. The van der Waals surface area contributed by atoms with E-state index in [-0.39, 0.29) is 51.2 Å². The van der Waals surface area contributed by atoms with Gasteiger partial charge >= 0.3 is 11.9 Å².